The van der Waals surface area contributed by atoms with Crippen molar-refractivity contribution in [3.8, 4) is 0 Å². The van der Waals surface area contributed by atoms with Crippen LogP contribution in [0.5, 0.6) is 0 Å². The van der Waals surface area contributed by atoms with Crippen molar-refractivity contribution in [3.63, 3.8) is 0 Å². The fourth-order valence-corrected chi connectivity index (χ4v) is 2.47. The van der Waals surface area contributed by atoms with Crippen molar-refractivity contribution in [2.75, 3.05) is 18.0 Å². The molecule has 0 saturated carbocycles. The number of nitrogens with zero attached hydrogens (tertiary/aromatic N) is 2. The third kappa shape index (κ3) is 2.83. The van der Waals surface area contributed by atoms with Gasteiger partial charge in [0.15, 0.2) is 0 Å². The molecule has 0 unspecified atom stereocenters. The van der Waals surface area contributed by atoms with E-state index >= 15 is 0 Å². The van der Waals surface area contributed by atoms with Crippen LogP contribution < -0.4 is 10.0 Å². The lowest BCUT2D eigenvalue weighted by Gasteiger charge is -2.32. The molecule has 19 heavy (non-hydrogen) atoms. The quantitative estimate of drug-likeness (QED) is 0.604. The summed E-state index contributed by atoms with van der Waals surface area (Å²) in [5.74, 6) is -0.921. The Morgan fingerprint density at radius 2 is 2.21 bits per heavy atom. The van der Waals surface area contributed by atoms with Gasteiger partial charge in [0.2, 0.25) is 0 Å². The highest BCUT2D eigenvalue weighted by Crippen LogP contribution is 2.32. The van der Waals surface area contributed by atoms with Gasteiger partial charge in [-0.15, -0.1) is 0 Å². The monoisotopic (exact) mass is 263 g/mol. The Bertz CT molecular complexity index is 515. The van der Waals surface area contributed by atoms with Crippen LogP contribution in [0, 0.1) is 16.0 Å². The zero-order valence-electron chi connectivity index (χ0n) is 10.7. The van der Waals surface area contributed by atoms with Crippen LogP contribution in [0.4, 0.5) is 11.4 Å². The molecule has 0 N–H and O–H groups in total. The number of carboxylic acids is 1. The number of hydrogen-bond acceptors (Lipinski definition) is 5. The van der Waals surface area contributed by atoms with Crippen LogP contribution in [0.25, 0.3) is 0 Å². The third-order valence-corrected chi connectivity index (χ3v) is 3.41. The van der Waals surface area contributed by atoms with Crippen molar-refractivity contribution in [2.45, 2.75) is 19.8 Å². The first-order valence-electron chi connectivity index (χ1n) is 6.23. The number of carbonyl (C=O) groups is 1. The van der Waals surface area contributed by atoms with Gasteiger partial charge in [0.25, 0.3) is 5.69 Å². The highest BCUT2D eigenvalue weighted by atomic mass is 16.6. The smallest absolute Gasteiger partial charge is 0.293 e. The van der Waals surface area contributed by atoms with E-state index < -0.39 is 10.9 Å². The minimum atomic E-state index is -1.40. The van der Waals surface area contributed by atoms with Crippen LogP contribution in [0.2, 0.25) is 0 Å². The Morgan fingerprint density at radius 1 is 1.47 bits per heavy atom. The van der Waals surface area contributed by atoms with Crippen molar-refractivity contribution >= 4 is 17.3 Å². The SMILES string of the molecule is C[C@H]1CCCN(c2ccc(C(=O)[O-])cc2[N+](=O)[O-])C1. The predicted octanol–water partition coefficient (Wildman–Crippen LogP) is 1.19. The molecule has 6 heteroatoms. The first kappa shape index (κ1) is 13.3. The number of carbonyl (C=O) groups excluding carboxylic acids is 1. The fraction of sp³-hybridized carbons (Fsp3) is 0.462. The molecule has 0 spiro atoms. The fourth-order valence-electron chi connectivity index (χ4n) is 2.47. The Hall–Kier alpha value is -2.11. The number of piperidine rings is 1. The Morgan fingerprint density at radius 3 is 2.79 bits per heavy atom. The number of aromatic carboxylic acids is 1. The van der Waals surface area contributed by atoms with Crippen molar-refractivity contribution in [1.29, 1.82) is 0 Å². The predicted molar refractivity (Wildman–Crippen MR) is 68.0 cm³/mol. The van der Waals surface area contributed by atoms with Crippen LogP contribution in [0.1, 0.15) is 30.1 Å². The number of benzene rings is 1. The molecule has 1 atom stereocenters. The van der Waals surface area contributed by atoms with Gasteiger partial charge in [-0.1, -0.05) is 13.0 Å². The van der Waals surface area contributed by atoms with Gasteiger partial charge in [-0.3, -0.25) is 10.1 Å². The van der Waals surface area contributed by atoms with E-state index in [0.717, 1.165) is 32.0 Å². The van der Waals surface area contributed by atoms with E-state index in [1.807, 2.05) is 4.90 Å². The van der Waals surface area contributed by atoms with E-state index in [4.69, 9.17) is 0 Å². The van der Waals surface area contributed by atoms with E-state index in [1.54, 1.807) is 0 Å². The average molecular weight is 263 g/mol. The molecule has 0 aromatic heterocycles. The maximum atomic E-state index is 11.1. The molecule has 0 bridgehead atoms. The van der Waals surface area contributed by atoms with Gasteiger partial charge in [-0.25, -0.2) is 0 Å². The van der Waals surface area contributed by atoms with Crippen LogP contribution in [-0.4, -0.2) is 24.0 Å². The highest BCUT2D eigenvalue weighted by molar-refractivity contribution is 5.88. The molecule has 1 aliphatic heterocycles. The van der Waals surface area contributed by atoms with E-state index in [0.29, 0.717) is 11.6 Å². The van der Waals surface area contributed by atoms with Gasteiger partial charge in [-0.2, -0.15) is 0 Å². The Balaban J connectivity index is 2.38. The number of nitro benzene ring substituents is 1. The number of nitro groups is 1. The van der Waals surface area contributed by atoms with Crippen molar-refractivity contribution in [3.05, 3.63) is 33.9 Å². The molecule has 1 saturated heterocycles. The molecule has 0 aliphatic carbocycles. The molecule has 0 amide bonds. The molecule has 1 aromatic rings. The summed E-state index contributed by atoms with van der Waals surface area (Å²) in [5.41, 5.74) is 0.151. The van der Waals surface area contributed by atoms with E-state index in [-0.39, 0.29) is 11.3 Å². The summed E-state index contributed by atoms with van der Waals surface area (Å²) in [6.07, 6.45) is 2.10. The van der Waals surface area contributed by atoms with Crippen LogP contribution >= 0.6 is 0 Å². The molecule has 0 radical (unpaired) electrons. The largest absolute Gasteiger partial charge is 0.545 e. The second-order valence-electron chi connectivity index (χ2n) is 4.94. The second kappa shape index (κ2) is 5.26. The minimum absolute atomic E-state index is 0.166. The van der Waals surface area contributed by atoms with Gasteiger partial charge in [0.05, 0.1) is 10.9 Å². The van der Waals surface area contributed by atoms with Crippen molar-refractivity contribution < 1.29 is 14.8 Å². The lowest BCUT2D eigenvalue weighted by Crippen LogP contribution is -2.34. The van der Waals surface area contributed by atoms with Gasteiger partial charge < -0.3 is 14.8 Å². The third-order valence-electron chi connectivity index (χ3n) is 3.41. The van der Waals surface area contributed by atoms with E-state index in [9.17, 15) is 20.0 Å². The first-order valence-corrected chi connectivity index (χ1v) is 6.23. The number of rotatable bonds is 3. The molecule has 1 aliphatic rings. The standard InChI is InChI=1S/C13H16N2O4/c1-9-3-2-6-14(8-9)11-5-4-10(13(16)17)7-12(11)15(18)19/h4-5,7,9H,2-3,6,8H2,1H3,(H,16,17)/p-1/t9-/m0/s1. The van der Waals surface area contributed by atoms with Crippen molar-refractivity contribution in [2.24, 2.45) is 5.92 Å². The van der Waals surface area contributed by atoms with Crippen LogP contribution in [0.15, 0.2) is 18.2 Å². The van der Waals surface area contributed by atoms with E-state index in [1.165, 1.54) is 12.1 Å². The normalized spacial score (nSPS) is 19.2. The Kier molecular flexibility index (Phi) is 3.69. The zero-order valence-corrected chi connectivity index (χ0v) is 10.7. The van der Waals surface area contributed by atoms with Gasteiger partial charge in [0, 0.05) is 24.7 Å². The van der Waals surface area contributed by atoms with Gasteiger partial charge in [0.1, 0.15) is 5.69 Å². The molecule has 102 valence electrons. The second-order valence-corrected chi connectivity index (χ2v) is 4.94. The summed E-state index contributed by atoms with van der Waals surface area (Å²) in [4.78, 5) is 23.3. The maximum Gasteiger partial charge on any atom is 0.293 e. The molecular weight excluding hydrogens is 248 g/mol. The highest BCUT2D eigenvalue weighted by Gasteiger charge is 2.24. The molecular formula is C13H15N2O4-. The summed E-state index contributed by atoms with van der Waals surface area (Å²) in [7, 11) is 0. The molecule has 1 aromatic carbocycles. The Labute approximate surface area is 110 Å². The van der Waals surface area contributed by atoms with E-state index in [2.05, 4.69) is 6.92 Å². The lowest BCUT2D eigenvalue weighted by atomic mass is 9.99. The molecule has 6 nitrogen and oxygen atoms in total. The minimum Gasteiger partial charge on any atom is -0.545 e. The summed E-state index contributed by atoms with van der Waals surface area (Å²) in [6, 6.07) is 3.93. The first-order chi connectivity index (χ1) is 8.99. The van der Waals surface area contributed by atoms with Crippen LogP contribution in [0.3, 0.4) is 0 Å². The topological polar surface area (TPSA) is 86.5 Å². The molecule has 1 fully saturated rings. The number of hydrogen-bond donors (Lipinski definition) is 0. The number of carboxylic acid groups (broad SMARTS) is 1. The maximum absolute atomic E-state index is 11.1. The van der Waals surface area contributed by atoms with Crippen LogP contribution in [-0.2, 0) is 0 Å². The zero-order chi connectivity index (χ0) is 14.0. The summed E-state index contributed by atoms with van der Waals surface area (Å²) in [5, 5.41) is 21.9. The number of anilines is 1. The lowest BCUT2D eigenvalue weighted by molar-refractivity contribution is -0.384. The van der Waals surface area contributed by atoms with Crippen molar-refractivity contribution in [1.82, 2.24) is 0 Å². The summed E-state index contributed by atoms with van der Waals surface area (Å²) >= 11 is 0. The van der Waals surface area contributed by atoms with Gasteiger partial charge in [-0.05, 0) is 24.8 Å². The molecule has 1 heterocycles. The summed E-state index contributed by atoms with van der Waals surface area (Å²) < 4.78 is 0. The van der Waals surface area contributed by atoms with Gasteiger partial charge >= 0.3 is 0 Å². The summed E-state index contributed by atoms with van der Waals surface area (Å²) in [6.45, 7) is 3.62. The molecule has 2 rings (SSSR count). The average Bonchev–Trinajstić information content (AvgIpc) is 2.37.